The number of aryl methyl sites for hydroxylation is 1. The lowest BCUT2D eigenvalue weighted by atomic mass is 9.91. The summed E-state index contributed by atoms with van der Waals surface area (Å²) in [5.74, 6) is 2.22. The van der Waals surface area contributed by atoms with Crippen molar-refractivity contribution in [3.8, 4) is 11.6 Å². The predicted molar refractivity (Wildman–Crippen MR) is 126 cm³/mol. The number of aromatic nitrogens is 4. The number of pyridine rings is 2. The summed E-state index contributed by atoms with van der Waals surface area (Å²) in [6.07, 6.45) is 2.46. The Hall–Kier alpha value is -3.67. The molecular weight excluding hydrogens is 420 g/mol. The summed E-state index contributed by atoms with van der Waals surface area (Å²) < 4.78 is 13.3. The number of hydrogen-bond acceptors (Lipinski definition) is 7. The van der Waals surface area contributed by atoms with Crippen molar-refractivity contribution in [2.75, 3.05) is 11.4 Å². The average Bonchev–Trinajstić information content (AvgIpc) is 2.79. The van der Waals surface area contributed by atoms with E-state index in [2.05, 4.69) is 38.5 Å². The van der Waals surface area contributed by atoms with Crippen molar-refractivity contribution in [3.63, 3.8) is 0 Å². The minimum absolute atomic E-state index is 0.0369. The van der Waals surface area contributed by atoms with Crippen LogP contribution in [0.25, 0.3) is 15.9 Å². The van der Waals surface area contributed by atoms with Crippen LogP contribution in [-0.4, -0.2) is 44.3 Å². The second-order valence-electron chi connectivity index (χ2n) is 8.80. The normalized spacial score (nSPS) is 20.6. The molecule has 3 atom stereocenters. The molecule has 0 saturated carbocycles. The molecule has 0 aliphatic carbocycles. The molecule has 1 aliphatic heterocycles. The minimum atomic E-state index is -0.346. The number of piperidine rings is 1. The molecule has 1 aliphatic rings. The Bertz CT molecular complexity index is 1250. The van der Waals surface area contributed by atoms with Crippen LogP contribution in [0.15, 0.2) is 35.3 Å². The molecule has 4 heterocycles. The largest absolute Gasteiger partial charge is 0.489 e. The molecule has 3 aromatic rings. The van der Waals surface area contributed by atoms with Gasteiger partial charge in [0.2, 0.25) is 11.4 Å². The molecule has 0 spiro atoms. The van der Waals surface area contributed by atoms with Crippen LogP contribution in [0.5, 0.6) is 11.6 Å². The van der Waals surface area contributed by atoms with Crippen LogP contribution in [-0.2, 0) is 7.05 Å². The Labute approximate surface area is 192 Å². The van der Waals surface area contributed by atoms with Crippen LogP contribution in [0.1, 0.15) is 34.1 Å². The van der Waals surface area contributed by atoms with Crippen LogP contribution < -0.4 is 20.1 Å². The maximum Gasteiger partial charge on any atom is 0.350 e. The molecule has 9 nitrogen and oxygen atoms in total. The third-order valence-corrected chi connectivity index (χ3v) is 5.89. The van der Waals surface area contributed by atoms with Gasteiger partial charge < -0.3 is 19.2 Å². The number of fused-ring (bicyclic) bond motifs is 1. The summed E-state index contributed by atoms with van der Waals surface area (Å²) in [5, 5.41) is 0. The number of rotatable bonds is 5. The number of anilines is 1. The highest BCUT2D eigenvalue weighted by Crippen LogP contribution is 2.32. The van der Waals surface area contributed by atoms with Crippen molar-refractivity contribution in [2.24, 2.45) is 13.0 Å². The number of ether oxygens (including phenoxy) is 2. The topological polar surface area (TPSA) is 86.7 Å². The molecule has 1 fully saturated rings. The van der Waals surface area contributed by atoms with E-state index in [9.17, 15) is 4.79 Å². The summed E-state index contributed by atoms with van der Waals surface area (Å²) in [5.41, 5.74) is 0.871. The summed E-state index contributed by atoms with van der Waals surface area (Å²) in [7, 11) is 1.66. The van der Waals surface area contributed by atoms with Crippen LogP contribution >= 0.6 is 0 Å². The zero-order valence-electron chi connectivity index (χ0n) is 19.5. The van der Waals surface area contributed by atoms with E-state index in [1.165, 1.54) is 4.57 Å². The molecule has 0 N–H and O–H groups in total. The van der Waals surface area contributed by atoms with E-state index in [0.717, 1.165) is 6.42 Å². The van der Waals surface area contributed by atoms with Gasteiger partial charge in [0.25, 0.3) is 5.82 Å². The van der Waals surface area contributed by atoms with E-state index in [4.69, 9.17) is 16.0 Å². The van der Waals surface area contributed by atoms with Gasteiger partial charge in [-0.3, -0.25) is 4.57 Å². The lowest BCUT2D eigenvalue weighted by molar-refractivity contribution is 0.102. The molecule has 33 heavy (non-hydrogen) atoms. The van der Waals surface area contributed by atoms with E-state index >= 15 is 0 Å². The Balaban J connectivity index is 1.57. The molecule has 1 saturated heterocycles. The van der Waals surface area contributed by atoms with E-state index < -0.39 is 0 Å². The predicted octanol–water partition coefficient (Wildman–Crippen LogP) is 3.74. The van der Waals surface area contributed by atoms with E-state index in [-0.39, 0.29) is 35.7 Å². The molecule has 1 unspecified atom stereocenters. The molecule has 4 rings (SSSR count). The van der Waals surface area contributed by atoms with Crippen LogP contribution in [0.2, 0.25) is 0 Å². The Morgan fingerprint density at radius 2 is 1.97 bits per heavy atom. The highest BCUT2D eigenvalue weighted by atomic mass is 16.5. The zero-order valence-corrected chi connectivity index (χ0v) is 19.5. The first-order valence-corrected chi connectivity index (χ1v) is 11.1. The Morgan fingerprint density at radius 3 is 2.64 bits per heavy atom. The lowest BCUT2D eigenvalue weighted by Gasteiger charge is -2.41. The van der Waals surface area contributed by atoms with Crippen molar-refractivity contribution < 1.29 is 9.47 Å². The van der Waals surface area contributed by atoms with Gasteiger partial charge >= 0.3 is 5.69 Å². The molecule has 0 bridgehead atoms. The van der Waals surface area contributed by atoms with E-state index in [1.54, 1.807) is 25.4 Å². The standard InChI is InChI=1S/C24H28N6O3/c1-14(2)32-17-7-10-21(26-12-17)33-19-11-16(4)30(13-15(19)3)23-22-18(29(6)24(31)28-23)8-9-20(25-5)27-22/h7-10,12,14-16,19H,11,13H2,1-4,6H3/t15-,16+,19?/m1/s1. The van der Waals surface area contributed by atoms with Gasteiger partial charge in [0.05, 0.1) is 17.8 Å². The van der Waals surface area contributed by atoms with Gasteiger partial charge in [0, 0.05) is 38.0 Å². The fraction of sp³-hybridized carbons (Fsp3) is 0.458. The Kier molecular flexibility index (Phi) is 6.18. The van der Waals surface area contributed by atoms with Crippen LogP contribution in [0.3, 0.4) is 0 Å². The van der Waals surface area contributed by atoms with Crippen molar-refractivity contribution in [2.45, 2.75) is 52.4 Å². The van der Waals surface area contributed by atoms with Crippen molar-refractivity contribution in [3.05, 3.63) is 52.4 Å². The molecule has 3 aromatic heterocycles. The smallest absolute Gasteiger partial charge is 0.350 e. The third kappa shape index (κ3) is 4.60. The summed E-state index contributed by atoms with van der Waals surface area (Å²) in [6, 6.07) is 7.12. The monoisotopic (exact) mass is 448 g/mol. The molecule has 0 amide bonds. The Morgan fingerprint density at radius 1 is 1.18 bits per heavy atom. The molecule has 172 valence electrons. The first kappa shape index (κ1) is 22.5. The molecular formula is C24H28N6O3. The van der Waals surface area contributed by atoms with Gasteiger partial charge in [-0.15, -0.1) is 4.98 Å². The molecule has 9 heteroatoms. The fourth-order valence-corrected chi connectivity index (χ4v) is 4.16. The summed E-state index contributed by atoms with van der Waals surface area (Å²) >= 11 is 0. The van der Waals surface area contributed by atoms with Gasteiger partial charge in [-0.2, -0.15) is 4.98 Å². The fourth-order valence-electron chi connectivity index (χ4n) is 4.16. The van der Waals surface area contributed by atoms with Crippen molar-refractivity contribution >= 4 is 22.7 Å². The maximum atomic E-state index is 12.5. The lowest BCUT2D eigenvalue weighted by Crippen LogP contribution is -2.50. The van der Waals surface area contributed by atoms with Crippen molar-refractivity contribution in [1.29, 1.82) is 0 Å². The van der Waals surface area contributed by atoms with E-state index in [1.807, 2.05) is 26.0 Å². The molecule has 0 aromatic carbocycles. The highest BCUT2D eigenvalue weighted by molar-refractivity contribution is 5.87. The number of hydrogen-bond donors (Lipinski definition) is 0. The quantitative estimate of drug-likeness (QED) is 0.550. The summed E-state index contributed by atoms with van der Waals surface area (Å²) in [4.78, 5) is 31.3. The van der Waals surface area contributed by atoms with Crippen molar-refractivity contribution in [1.82, 2.24) is 19.5 Å². The first-order valence-electron chi connectivity index (χ1n) is 11.1. The summed E-state index contributed by atoms with van der Waals surface area (Å²) in [6.45, 7) is 16.1. The average molecular weight is 449 g/mol. The van der Waals surface area contributed by atoms with Gasteiger partial charge in [0.1, 0.15) is 11.9 Å². The third-order valence-electron chi connectivity index (χ3n) is 5.89. The van der Waals surface area contributed by atoms with Gasteiger partial charge in [-0.1, -0.05) is 13.5 Å². The van der Waals surface area contributed by atoms with Crippen LogP contribution in [0.4, 0.5) is 11.6 Å². The zero-order chi connectivity index (χ0) is 23.7. The van der Waals surface area contributed by atoms with E-state index in [0.29, 0.717) is 35.0 Å². The highest BCUT2D eigenvalue weighted by Gasteiger charge is 2.35. The SMILES string of the molecule is [C-]#[N+]c1ccc2c(n1)c(N1C[C@@H](C)C(Oc3ccc(OC(C)C)cn3)C[C@@H]1C)nc(=O)n2C. The maximum absolute atomic E-state index is 12.5. The van der Waals surface area contributed by atoms with Gasteiger partial charge in [-0.25, -0.2) is 9.78 Å². The van der Waals surface area contributed by atoms with Crippen LogP contribution in [0, 0.1) is 12.5 Å². The molecule has 0 radical (unpaired) electrons. The second-order valence-corrected chi connectivity index (χ2v) is 8.80. The minimum Gasteiger partial charge on any atom is -0.489 e. The van der Waals surface area contributed by atoms with Gasteiger partial charge in [-0.05, 0) is 39.0 Å². The second kappa shape index (κ2) is 9.06. The van der Waals surface area contributed by atoms with Gasteiger partial charge in [0.15, 0.2) is 5.82 Å². The number of nitrogens with zero attached hydrogens (tertiary/aromatic N) is 6. The first-order chi connectivity index (χ1) is 15.8.